The minimum absolute atomic E-state index is 0.0526. The molecule has 4 nitrogen and oxygen atoms in total. The predicted octanol–water partition coefficient (Wildman–Crippen LogP) is 3.10. The summed E-state index contributed by atoms with van der Waals surface area (Å²) in [6.45, 7) is 0. The van der Waals surface area contributed by atoms with Crippen LogP contribution >= 0.6 is 11.9 Å². The van der Waals surface area contributed by atoms with Crippen LogP contribution in [0, 0.1) is 0 Å². The highest BCUT2D eigenvalue weighted by Gasteiger charge is 2.09. The van der Waals surface area contributed by atoms with E-state index in [-0.39, 0.29) is 5.95 Å². The summed E-state index contributed by atoms with van der Waals surface area (Å²) in [5.41, 5.74) is 0.630. The number of benzene rings is 1. The lowest BCUT2D eigenvalue weighted by atomic mass is 10.3. The van der Waals surface area contributed by atoms with Crippen molar-refractivity contribution in [3.05, 3.63) is 30.3 Å². The number of rotatable bonds is 1. The van der Waals surface area contributed by atoms with E-state index >= 15 is 0 Å². The van der Waals surface area contributed by atoms with Gasteiger partial charge in [0.15, 0.2) is 0 Å². The molecule has 0 N–H and O–H groups in total. The Hall–Kier alpha value is -1.68. The highest BCUT2D eigenvalue weighted by atomic mass is 35.5. The molecule has 1 aromatic heterocycles. The third-order valence-electron chi connectivity index (χ3n) is 1.65. The average Bonchev–Trinajstić information content (AvgIpc) is 2.59. The lowest BCUT2D eigenvalue weighted by molar-refractivity contribution is 0.145. The van der Waals surface area contributed by atoms with Crippen molar-refractivity contribution in [2.75, 3.05) is 0 Å². The number of para-hydroxylation sites is 1. The van der Waals surface area contributed by atoms with Crippen LogP contribution in [0.15, 0.2) is 34.7 Å². The normalized spacial score (nSPS) is 10.1. The molecule has 0 spiro atoms. The van der Waals surface area contributed by atoms with Crippen LogP contribution in [0.25, 0.3) is 11.0 Å². The first kappa shape index (κ1) is 8.90. The standard InChI is InChI=1S/C9H5ClO4/c10-14-9(11)13-8-5-6-3-1-2-4-7(6)12-8/h1-5H. The van der Waals surface area contributed by atoms with E-state index in [0.717, 1.165) is 5.39 Å². The number of hydrogen-bond acceptors (Lipinski definition) is 4. The van der Waals surface area contributed by atoms with Gasteiger partial charge in [0.05, 0.1) is 0 Å². The molecule has 0 aliphatic heterocycles. The van der Waals surface area contributed by atoms with Gasteiger partial charge in [0.25, 0.3) is 5.95 Å². The lowest BCUT2D eigenvalue weighted by Crippen LogP contribution is -2.03. The molecule has 0 atom stereocenters. The second kappa shape index (κ2) is 3.59. The minimum atomic E-state index is -1.02. The summed E-state index contributed by atoms with van der Waals surface area (Å²) in [5, 5.41) is 0.838. The van der Waals surface area contributed by atoms with Crippen LogP contribution in [-0.2, 0) is 4.29 Å². The Morgan fingerprint density at radius 2 is 2.14 bits per heavy atom. The topological polar surface area (TPSA) is 48.7 Å². The van der Waals surface area contributed by atoms with Crippen molar-refractivity contribution < 1.29 is 18.2 Å². The number of halogens is 1. The molecule has 2 rings (SSSR count). The first-order valence-corrected chi connectivity index (χ1v) is 4.09. The number of furan rings is 1. The Labute approximate surface area is 84.1 Å². The molecule has 0 fully saturated rings. The van der Waals surface area contributed by atoms with E-state index in [1.54, 1.807) is 12.1 Å². The number of carbonyl (C=O) groups is 1. The highest BCUT2D eigenvalue weighted by Crippen LogP contribution is 2.24. The van der Waals surface area contributed by atoms with Gasteiger partial charge in [-0.2, -0.15) is 0 Å². The molecule has 0 aliphatic rings. The summed E-state index contributed by atoms with van der Waals surface area (Å²) in [7, 11) is 0. The molecule has 14 heavy (non-hydrogen) atoms. The Balaban J connectivity index is 2.31. The van der Waals surface area contributed by atoms with Crippen LogP contribution in [0.2, 0.25) is 0 Å². The van der Waals surface area contributed by atoms with Gasteiger partial charge in [-0.3, -0.25) is 0 Å². The molecule has 0 saturated heterocycles. The second-order valence-corrected chi connectivity index (χ2v) is 2.69. The summed E-state index contributed by atoms with van der Waals surface area (Å²) in [4.78, 5) is 10.6. The molecule has 5 heteroatoms. The monoisotopic (exact) mass is 212 g/mol. The van der Waals surface area contributed by atoms with Crippen molar-refractivity contribution in [3.63, 3.8) is 0 Å². The number of carbonyl (C=O) groups excluding carboxylic acids is 1. The Bertz CT molecular complexity index is 430. The molecule has 0 radical (unpaired) electrons. The summed E-state index contributed by atoms with van der Waals surface area (Å²) in [6, 6.07) is 8.83. The van der Waals surface area contributed by atoms with Crippen molar-refractivity contribution in [1.29, 1.82) is 0 Å². The van der Waals surface area contributed by atoms with Gasteiger partial charge < -0.3 is 13.4 Å². The second-order valence-electron chi connectivity index (χ2n) is 2.53. The maximum Gasteiger partial charge on any atom is 0.535 e. The molecule has 0 amide bonds. The zero-order chi connectivity index (χ0) is 9.97. The highest BCUT2D eigenvalue weighted by molar-refractivity contribution is 6.12. The number of hydrogen-bond donors (Lipinski definition) is 0. The van der Waals surface area contributed by atoms with Crippen LogP contribution in [0.1, 0.15) is 0 Å². The fraction of sp³-hybridized carbons (Fsp3) is 0. The van der Waals surface area contributed by atoms with Crippen LogP contribution < -0.4 is 4.74 Å². The Morgan fingerprint density at radius 1 is 1.36 bits per heavy atom. The number of fused-ring (bicyclic) bond motifs is 1. The maximum atomic E-state index is 10.6. The van der Waals surface area contributed by atoms with Crippen LogP contribution in [0.4, 0.5) is 4.79 Å². The average molecular weight is 213 g/mol. The molecular weight excluding hydrogens is 208 g/mol. The van der Waals surface area contributed by atoms with Crippen LogP contribution in [0.3, 0.4) is 0 Å². The van der Waals surface area contributed by atoms with E-state index in [4.69, 9.17) is 16.3 Å². The molecule has 2 aromatic rings. The van der Waals surface area contributed by atoms with E-state index in [0.29, 0.717) is 5.58 Å². The maximum absolute atomic E-state index is 10.6. The number of ether oxygens (including phenoxy) is 1. The Morgan fingerprint density at radius 3 is 2.86 bits per heavy atom. The zero-order valence-corrected chi connectivity index (χ0v) is 7.65. The largest absolute Gasteiger partial charge is 0.535 e. The summed E-state index contributed by atoms with van der Waals surface area (Å²) in [6.07, 6.45) is -1.02. The molecule has 1 aromatic carbocycles. The molecule has 72 valence electrons. The van der Waals surface area contributed by atoms with Crippen LogP contribution in [-0.4, -0.2) is 6.16 Å². The molecule has 0 aliphatic carbocycles. The van der Waals surface area contributed by atoms with Gasteiger partial charge in [0, 0.05) is 11.5 Å². The van der Waals surface area contributed by atoms with Gasteiger partial charge in [0.2, 0.25) is 0 Å². The Kier molecular flexibility index (Phi) is 2.28. The van der Waals surface area contributed by atoms with Gasteiger partial charge in [-0.15, -0.1) is 0 Å². The fourth-order valence-corrected chi connectivity index (χ4v) is 1.14. The first-order valence-electron chi connectivity index (χ1n) is 3.78. The third kappa shape index (κ3) is 1.65. The SMILES string of the molecule is O=C(OCl)Oc1cc2ccccc2o1. The molecular formula is C9H5ClO4. The minimum Gasteiger partial charge on any atom is -0.425 e. The van der Waals surface area contributed by atoms with E-state index in [1.807, 2.05) is 18.2 Å². The fourth-order valence-electron chi connectivity index (χ4n) is 1.11. The van der Waals surface area contributed by atoms with Crippen molar-refractivity contribution in [2.24, 2.45) is 0 Å². The van der Waals surface area contributed by atoms with E-state index in [9.17, 15) is 4.79 Å². The van der Waals surface area contributed by atoms with Crippen molar-refractivity contribution >= 4 is 29.0 Å². The zero-order valence-electron chi connectivity index (χ0n) is 6.90. The third-order valence-corrected chi connectivity index (χ3v) is 1.78. The summed E-state index contributed by atoms with van der Waals surface area (Å²) >= 11 is 4.78. The molecule has 1 heterocycles. The molecule has 0 saturated carbocycles. The predicted molar refractivity (Wildman–Crippen MR) is 49.2 cm³/mol. The van der Waals surface area contributed by atoms with E-state index < -0.39 is 6.16 Å². The van der Waals surface area contributed by atoms with Crippen molar-refractivity contribution in [1.82, 2.24) is 0 Å². The van der Waals surface area contributed by atoms with Crippen molar-refractivity contribution in [2.45, 2.75) is 0 Å². The quantitative estimate of drug-likeness (QED) is 0.682. The van der Waals surface area contributed by atoms with Crippen molar-refractivity contribution in [3.8, 4) is 5.95 Å². The lowest BCUT2D eigenvalue weighted by Gasteiger charge is -1.93. The molecule has 0 bridgehead atoms. The van der Waals surface area contributed by atoms with Gasteiger partial charge in [-0.1, -0.05) is 18.2 Å². The van der Waals surface area contributed by atoms with Crippen LogP contribution in [0.5, 0.6) is 5.95 Å². The summed E-state index contributed by atoms with van der Waals surface area (Å²) < 4.78 is 13.5. The van der Waals surface area contributed by atoms with Gasteiger partial charge in [-0.05, 0) is 6.07 Å². The van der Waals surface area contributed by atoms with E-state index in [2.05, 4.69) is 9.03 Å². The molecule has 0 unspecified atom stereocenters. The smallest absolute Gasteiger partial charge is 0.425 e. The van der Waals surface area contributed by atoms with Gasteiger partial charge >= 0.3 is 6.16 Å². The van der Waals surface area contributed by atoms with Gasteiger partial charge in [-0.25, -0.2) is 4.79 Å². The summed E-state index contributed by atoms with van der Waals surface area (Å²) in [5.74, 6) is 0.0526. The first-order chi connectivity index (χ1) is 6.79. The van der Waals surface area contributed by atoms with E-state index in [1.165, 1.54) is 0 Å². The van der Waals surface area contributed by atoms with Gasteiger partial charge in [0.1, 0.15) is 17.4 Å².